The fraction of sp³-hybridized carbons (Fsp3) is 0.0682. The molecular weight excluding hydrogens is 679 g/mol. The van der Waals surface area contributed by atoms with E-state index in [0.29, 0.717) is 33.4 Å². The first-order valence-electron chi connectivity index (χ1n) is 16.7. The zero-order valence-corrected chi connectivity index (χ0v) is 29.7. The van der Waals surface area contributed by atoms with Crippen LogP contribution < -0.4 is 4.90 Å². The van der Waals surface area contributed by atoms with Gasteiger partial charge in [-0.3, -0.25) is 4.79 Å². The van der Waals surface area contributed by atoms with Crippen molar-refractivity contribution in [3.05, 3.63) is 172 Å². The summed E-state index contributed by atoms with van der Waals surface area (Å²) in [6.07, 6.45) is 1.75. The molecule has 0 radical (unpaired) electrons. The number of benzene rings is 5. The molecule has 0 bridgehead atoms. The Hall–Kier alpha value is -6.45. The molecule has 7 aromatic rings. The maximum Gasteiger partial charge on any atom is 0.270 e. The van der Waals surface area contributed by atoms with Gasteiger partial charge in [-0.15, -0.1) is 11.3 Å². The summed E-state index contributed by atoms with van der Waals surface area (Å²) in [5.74, 6) is -0.214. The Kier molecular flexibility index (Phi) is 7.34. The van der Waals surface area contributed by atoms with Crippen molar-refractivity contribution in [3.8, 4) is 27.0 Å². The zero-order chi connectivity index (χ0) is 35.6. The van der Waals surface area contributed by atoms with Gasteiger partial charge in [-0.05, 0) is 70.8 Å². The van der Waals surface area contributed by atoms with Crippen LogP contribution in [0, 0.1) is 17.9 Å². The maximum absolute atomic E-state index is 13.6. The highest BCUT2D eigenvalue weighted by Crippen LogP contribution is 2.53. The van der Waals surface area contributed by atoms with Gasteiger partial charge in [0.1, 0.15) is 11.0 Å². The zero-order valence-electron chi connectivity index (χ0n) is 28.1. The molecule has 1 aliphatic carbocycles. The van der Waals surface area contributed by atoms with Crippen LogP contribution in [0.1, 0.15) is 46.5 Å². The van der Waals surface area contributed by atoms with Gasteiger partial charge in [0, 0.05) is 48.7 Å². The van der Waals surface area contributed by atoms with Gasteiger partial charge >= 0.3 is 0 Å². The number of carbonyl (C=O) groups is 1. The highest BCUT2D eigenvalue weighted by Gasteiger charge is 2.37. The second-order valence-electron chi connectivity index (χ2n) is 13.3. The lowest BCUT2D eigenvalue weighted by Gasteiger charge is -2.42. The van der Waals surface area contributed by atoms with E-state index in [9.17, 15) is 10.1 Å². The van der Waals surface area contributed by atoms with E-state index in [2.05, 4.69) is 107 Å². The molecule has 6 nitrogen and oxygen atoms in total. The van der Waals surface area contributed by atoms with E-state index < -0.39 is 0 Å². The molecule has 3 heterocycles. The van der Waals surface area contributed by atoms with Crippen LogP contribution in [0.4, 0.5) is 17.1 Å². The molecule has 246 valence electrons. The topological polar surface area (TPSA) is 74.2 Å². The molecule has 0 N–H and O–H groups in total. The van der Waals surface area contributed by atoms with Gasteiger partial charge in [-0.25, -0.2) is 10.1 Å². The Bertz CT molecular complexity index is 2760. The molecule has 0 spiro atoms. The maximum atomic E-state index is 13.6. The summed E-state index contributed by atoms with van der Waals surface area (Å²) in [5, 5.41) is 9.77. The van der Waals surface area contributed by atoms with Crippen LogP contribution in [0.15, 0.2) is 133 Å². The van der Waals surface area contributed by atoms with Crippen molar-refractivity contribution in [3.63, 3.8) is 0 Å². The van der Waals surface area contributed by atoms with Crippen molar-refractivity contribution >= 4 is 68.6 Å². The van der Waals surface area contributed by atoms with Crippen LogP contribution in [0.25, 0.3) is 48.4 Å². The molecule has 0 unspecified atom stereocenters. The van der Waals surface area contributed by atoms with Gasteiger partial charge in [-0.1, -0.05) is 92.7 Å². The highest BCUT2D eigenvalue weighted by atomic mass is 32.1. The molecule has 2 aliphatic rings. The number of para-hydroxylation sites is 2. The Balaban J connectivity index is 1.11. The van der Waals surface area contributed by atoms with Crippen LogP contribution in [0.3, 0.4) is 0 Å². The number of aromatic nitrogens is 2. The lowest BCUT2D eigenvalue weighted by atomic mass is 9.73. The highest BCUT2D eigenvalue weighted by molar-refractivity contribution is 7.19. The van der Waals surface area contributed by atoms with E-state index in [1.807, 2.05) is 30.3 Å². The van der Waals surface area contributed by atoms with E-state index in [0.717, 1.165) is 43.8 Å². The molecule has 0 saturated heterocycles. The van der Waals surface area contributed by atoms with E-state index in [4.69, 9.17) is 10.9 Å². The first-order valence-corrected chi connectivity index (χ1v) is 18.3. The average Bonchev–Trinajstić information content (AvgIpc) is 3.93. The van der Waals surface area contributed by atoms with Gasteiger partial charge < -0.3 is 4.90 Å². The lowest BCUT2D eigenvalue weighted by molar-refractivity contribution is 0.104. The molecule has 8 heteroatoms. The number of ketones is 1. The van der Waals surface area contributed by atoms with Crippen molar-refractivity contribution < 1.29 is 4.79 Å². The standard InChI is InChI=1S/C44H27N5OS2/c1-44(2)33-15-9-10-16-36(33)49(28-11-5-4-6-12-28)37-20-18-26(24-34(37)44)38-21-22-39(51-38)31-19-17-27(41-42(31)48-52-47-41)23-32-40(35(25-45)46-3)29-13-7-8-14-30(29)43(32)50/h4-24H,1-2H3/b32-23-,40-35-. The number of allylic oxidation sites excluding steroid dienone is 3. The average molecular weight is 706 g/mol. The Labute approximate surface area is 309 Å². The summed E-state index contributed by atoms with van der Waals surface area (Å²) in [6.45, 7) is 12.2. The SMILES string of the molecule is [C-]#[N+]/C(C#N)=C1\C(=C\c2ccc(-c3ccc(-c4ccc5c(c4)C(C)(C)c4ccccc4N5c4ccccc4)s3)c3nsnc23)C(=O)c2ccccc21. The van der Waals surface area contributed by atoms with Crippen molar-refractivity contribution in [1.82, 2.24) is 8.75 Å². The number of rotatable bonds is 4. The van der Waals surface area contributed by atoms with Crippen molar-refractivity contribution in [2.45, 2.75) is 19.3 Å². The number of anilines is 3. The fourth-order valence-electron chi connectivity index (χ4n) is 7.54. The minimum absolute atomic E-state index is 0.109. The van der Waals surface area contributed by atoms with E-state index in [1.54, 1.807) is 35.6 Å². The minimum Gasteiger partial charge on any atom is -0.310 e. The third-order valence-corrected chi connectivity index (χ3v) is 11.8. The molecular formula is C44H27N5OS2. The Morgan fingerprint density at radius 1 is 0.788 bits per heavy atom. The molecule has 0 saturated carbocycles. The molecule has 0 amide bonds. The third-order valence-electron chi connectivity index (χ3n) is 10.1. The number of nitriles is 1. The summed E-state index contributed by atoms with van der Waals surface area (Å²) in [5.41, 5.74) is 11.7. The molecule has 0 fully saturated rings. The van der Waals surface area contributed by atoms with E-state index >= 15 is 0 Å². The van der Waals surface area contributed by atoms with Crippen LogP contribution >= 0.6 is 23.1 Å². The van der Waals surface area contributed by atoms with Crippen molar-refractivity contribution in [1.29, 1.82) is 5.26 Å². The number of fused-ring (bicyclic) bond motifs is 4. The molecule has 1 aliphatic heterocycles. The van der Waals surface area contributed by atoms with Crippen LogP contribution in [0.2, 0.25) is 0 Å². The fourth-order valence-corrected chi connectivity index (χ4v) is 9.15. The number of carbonyl (C=O) groups excluding carboxylic acids is 1. The van der Waals surface area contributed by atoms with Crippen molar-refractivity contribution in [2.75, 3.05) is 4.90 Å². The number of Topliss-reactive ketones (excluding diaryl/α,β-unsaturated/α-hetero) is 1. The van der Waals surface area contributed by atoms with E-state index in [1.165, 1.54) is 22.5 Å². The summed E-state index contributed by atoms with van der Waals surface area (Å²) in [4.78, 5) is 21.6. The molecule has 5 aromatic carbocycles. The second-order valence-corrected chi connectivity index (χ2v) is 14.9. The monoisotopic (exact) mass is 705 g/mol. The van der Waals surface area contributed by atoms with Gasteiger partial charge in [0.15, 0.2) is 5.78 Å². The first kappa shape index (κ1) is 31.5. The third kappa shape index (κ3) is 4.77. The predicted octanol–water partition coefficient (Wildman–Crippen LogP) is 11.6. The van der Waals surface area contributed by atoms with E-state index in [-0.39, 0.29) is 16.9 Å². The number of nitrogens with zero attached hydrogens (tertiary/aromatic N) is 5. The van der Waals surface area contributed by atoms with Crippen LogP contribution in [-0.4, -0.2) is 14.5 Å². The van der Waals surface area contributed by atoms with Gasteiger partial charge in [0.05, 0.1) is 35.7 Å². The lowest BCUT2D eigenvalue weighted by Crippen LogP contribution is -2.30. The van der Waals surface area contributed by atoms with Gasteiger partial charge in [0.2, 0.25) is 0 Å². The minimum atomic E-state index is -0.214. The number of hydrogen-bond donors (Lipinski definition) is 0. The molecule has 2 aromatic heterocycles. The first-order chi connectivity index (χ1) is 25.4. The number of thiophene rings is 1. The smallest absolute Gasteiger partial charge is 0.270 e. The molecule has 9 rings (SSSR count). The quantitative estimate of drug-likeness (QED) is 0.104. The van der Waals surface area contributed by atoms with Crippen LogP contribution in [0.5, 0.6) is 0 Å². The van der Waals surface area contributed by atoms with Crippen molar-refractivity contribution in [2.24, 2.45) is 0 Å². The Morgan fingerprint density at radius 2 is 1.50 bits per heavy atom. The molecule has 52 heavy (non-hydrogen) atoms. The van der Waals surface area contributed by atoms with Gasteiger partial charge in [-0.2, -0.15) is 8.75 Å². The molecule has 0 atom stereocenters. The Morgan fingerprint density at radius 3 is 2.31 bits per heavy atom. The summed E-state index contributed by atoms with van der Waals surface area (Å²) < 4.78 is 9.34. The normalized spacial score (nSPS) is 15.9. The van der Waals surface area contributed by atoms with Gasteiger partial charge in [0.25, 0.3) is 5.70 Å². The summed E-state index contributed by atoms with van der Waals surface area (Å²) in [6, 6.07) is 43.4. The number of hydrogen-bond acceptors (Lipinski definition) is 7. The second kappa shape index (κ2) is 12.1. The summed E-state index contributed by atoms with van der Waals surface area (Å²) >= 11 is 2.83. The summed E-state index contributed by atoms with van der Waals surface area (Å²) in [7, 11) is 0. The van der Waals surface area contributed by atoms with Crippen LogP contribution in [-0.2, 0) is 5.41 Å². The predicted molar refractivity (Wildman–Crippen MR) is 211 cm³/mol. The largest absolute Gasteiger partial charge is 0.310 e.